The molecule has 17 heteroatoms. The van der Waals surface area contributed by atoms with E-state index < -0.39 is 51.6 Å². The van der Waals surface area contributed by atoms with Crippen molar-refractivity contribution < 1.29 is 38.8 Å². The average Bonchev–Trinajstić information content (AvgIpc) is 3.34. The maximum absolute atomic E-state index is 12.0. The van der Waals surface area contributed by atoms with Gasteiger partial charge >= 0.3 is 7.60 Å². The number of aromatic nitrogens is 4. The van der Waals surface area contributed by atoms with Crippen LogP contribution in [0.4, 0.5) is 5.82 Å². The Morgan fingerprint density at radius 2 is 1.79 bits per heavy atom. The van der Waals surface area contributed by atoms with Crippen LogP contribution < -0.4 is 10.6 Å². The van der Waals surface area contributed by atoms with Gasteiger partial charge in [0.1, 0.15) is 30.0 Å². The number of fused-ring (bicyclic) bond motifs is 1. The second-order valence-corrected chi connectivity index (χ2v) is 13.9. The third-order valence-corrected chi connectivity index (χ3v) is 10.2. The van der Waals surface area contributed by atoms with E-state index in [-0.39, 0.29) is 24.4 Å². The van der Waals surface area contributed by atoms with Crippen molar-refractivity contribution in [2.75, 3.05) is 24.1 Å². The summed E-state index contributed by atoms with van der Waals surface area (Å²) in [5.74, 6) is -0.689. The van der Waals surface area contributed by atoms with Gasteiger partial charge in [-0.3, -0.25) is 9.13 Å². The quantitative estimate of drug-likeness (QED) is 0.123. The lowest BCUT2D eigenvalue weighted by molar-refractivity contribution is -0.000604. The SMILES string of the molecule is C[C@H](Nc1nc(Cl)nc2c1cnn2C[C@@H]1O[C@H](CNCP(=O)(O)CP(=O)(O)O)[C@@H](O)[C@H]1O)c1ccccc1. The van der Waals surface area contributed by atoms with E-state index in [0.717, 1.165) is 5.56 Å². The highest BCUT2D eigenvalue weighted by atomic mass is 35.5. The van der Waals surface area contributed by atoms with E-state index in [4.69, 9.17) is 26.1 Å². The molecule has 1 aliphatic heterocycles. The molecule has 0 saturated carbocycles. The molecule has 3 aromatic rings. The molecule has 0 amide bonds. The monoisotopic (exact) mass is 590 g/mol. The zero-order valence-electron chi connectivity index (χ0n) is 20.2. The van der Waals surface area contributed by atoms with Crippen LogP contribution in [0.5, 0.6) is 0 Å². The van der Waals surface area contributed by atoms with E-state index in [2.05, 4.69) is 25.7 Å². The predicted molar refractivity (Wildman–Crippen MR) is 139 cm³/mol. The highest BCUT2D eigenvalue weighted by Crippen LogP contribution is 2.53. The van der Waals surface area contributed by atoms with Gasteiger partial charge in [-0.05, 0) is 24.1 Å². The standard InChI is InChI=1S/C21H29ClN6O8P2/c1-12(13-5-3-2-4-6-13)25-19-14-7-24-28(20(14)27-21(22)26-19)9-16-18(30)17(29)15(36-16)8-23-10-37(31,32)11-38(33,34)35/h2-7,12,15-18,23,29-30H,8-11H2,1H3,(H,31,32)(H,25,26,27)(H2,33,34,35)/t12-,15+,16-,17+,18-/m0/s1. The van der Waals surface area contributed by atoms with Crippen molar-refractivity contribution in [1.82, 2.24) is 25.1 Å². The van der Waals surface area contributed by atoms with Crippen molar-refractivity contribution in [2.24, 2.45) is 0 Å². The first kappa shape index (κ1) is 29.0. The smallest absolute Gasteiger partial charge is 0.335 e. The average molecular weight is 591 g/mol. The Bertz CT molecular complexity index is 1360. The number of ether oxygens (including phenoxy) is 1. The van der Waals surface area contributed by atoms with Gasteiger partial charge in [-0.1, -0.05) is 30.3 Å². The van der Waals surface area contributed by atoms with Gasteiger partial charge in [0.05, 0.1) is 30.5 Å². The van der Waals surface area contributed by atoms with Crippen LogP contribution in [0.3, 0.4) is 0 Å². The van der Waals surface area contributed by atoms with Crippen LogP contribution in [0.2, 0.25) is 5.28 Å². The van der Waals surface area contributed by atoms with Crippen LogP contribution in [-0.2, 0) is 20.4 Å². The summed E-state index contributed by atoms with van der Waals surface area (Å²) in [6.07, 6.45) is -3.51. The van der Waals surface area contributed by atoms with Gasteiger partial charge in [-0.15, -0.1) is 0 Å². The summed E-state index contributed by atoms with van der Waals surface area (Å²) < 4.78 is 30.2. The number of anilines is 1. The van der Waals surface area contributed by atoms with Crippen LogP contribution in [0, 0.1) is 0 Å². The first-order valence-electron chi connectivity index (χ1n) is 11.6. The number of hydrogen-bond acceptors (Lipinski definition) is 10. The van der Waals surface area contributed by atoms with E-state index in [1.54, 1.807) is 6.20 Å². The Balaban J connectivity index is 1.43. The first-order valence-corrected chi connectivity index (χ1v) is 15.8. The van der Waals surface area contributed by atoms with Gasteiger partial charge in [-0.2, -0.15) is 15.1 Å². The Morgan fingerprint density at radius 1 is 1.11 bits per heavy atom. The molecule has 1 unspecified atom stereocenters. The van der Waals surface area contributed by atoms with E-state index in [9.17, 15) is 24.2 Å². The number of aliphatic hydroxyl groups is 2. The molecule has 0 aliphatic carbocycles. The first-order chi connectivity index (χ1) is 17.8. The zero-order chi connectivity index (χ0) is 27.7. The Kier molecular flexibility index (Phi) is 8.90. The number of rotatable bonds is 11. The molecule has 4 rings (SSSR count). The summed E-state index contributed by atoms with van der Waals surface area (Å²) >= 11 is 6.18. The number of hydrogen-bond donors (Lipinski definition) is 7. The fourth-order valence-electron chi connectivity index (χ4n) is 4.24. The second-order valence-electron chi connectivity index (χ2n) is 9.14. The molecule has 0 radical (unpaired) electrons. The van der Waals surface area contributed by atoms with Gasteiger partial charge in [0.15, 0.2) is 5.65 Å². The molecule has 6 atom stereocenters. The van der Waals surface area contributed by atoms with Gasteiger partial charge < -0.3 is 40.3 Å². The van der Waals surface area contributed by atoms with Crippen molar-refractivity contribution in [3.8, 4) is 0 Å². The Hall–Kier alpha value is -1.96. The molecule has 1 saturated heterocycles. The molecule has 208 valence electrons. The number of nitrogens with zero attached hydrogens (tertiary/aromatic N) is 4. The fourth-order valence-corrected chi connectivity index (χ4v) is 7.58. The number of nitrogens with one attached hydrogen (secondary N) is 2. The maximum atomic E-state index is 12.0. The molecule has 1 fully saturated rings. The second kappa shape index (κ2) is 11.6. The Morgan fingerprint density at radius 3 is 2.47 bits per heavy atom. The minimum atomic E-state index is -4.68. The van der Waals surface area contributed by atoms with Crippen LogP contribution in [0.25, 0.3) is 11.0 Å². The third kappa shape index (κ3) is 7.16. The minimum absolute atomic E-state index is 0.00987. The highest BCUT2D eigenvalue weighted by Gasteiger charge is 2.43. The molecule has 2 aromatic heterocycles. The van der Waals surface area contributed by atoms with Gasteiger partial charge in [0.2, 0.25) is 12.7 Å². The summed E-state index contributed by atoms with van der Waals surface area (Å²) in [5.41, 5.74) is 1.43. The molecular weight excluding hydrogens is 562 g/mol. The van der Waals surface area contributed by atoms with E-state index in [1.165, 1.54) is 4.68 Å². The van der Waals surface area contributed by atoms with E-state index in [0.29, 0.717) is 16.9 Å². The molecule has 7 N–H and O–H groups in total. The lowest BCUT2D eigenvalue weighted by atomic mass is 10.1. The maximum Gasteiger partial charge on any atom is 0.335 e. The van der Waals surface area contributed by atoms with Crippen molar-refractivity contribution in [3.05, 3.63) is 47.4 Å². The highest BCUT2D eigenvalue weighted by molar-refractivity contribution is 7.72. The topological polar surface area (TPSA) is 212 Å². The largest absolute Gasteiger partial charge is 0.388 e. The summed E-state index contributed by atoms with van der Waals surface area (Å²) in [4.78, 5) is 36.2. The molecular formula is C21H29ClN6O8P2. The normalized spacial score (nSPS) is 24.4. The minimum Gasteiger partial charge on any atom is -0.388 e. The summed E-state index contributed by atoms with van der Waals surface area (Å²) in [7, 11) is -8.83. The summed E-state index contributed by atoms with van der Waals surface area (Å²) in [6, 6.07) is 9.66. The number of halogens is 1. The number of aliphatic hydroxyl groups excluding tert-OH is 2. The van der Waals surface area contributed by atoms with Crippen LogP contribution in [-0.4, -0.2) is 87.8 Å². The fraction of sp³-hybridized carbons (Fsp3) is 0.476. The van der Waals surface area contributed by atoms with Crippen LogP contribution >= 0.6 is 26.6 Å². The third-order valence-electron chi connectivity index (χ3n) is 6.05. The summed E-state index contributed by atoms with van der Waals surface area (Å²) in [5, 5.41) is 31.8. The molecule has 38 heavy (non-hydrogen) atoms. The van der Waals surface area contributed by atoms with Crippen molar-refractivity contribution in [1.29, 1.82) is 0 Å². The Labute approximate surface area is 222 Å². The molecule has 1 aliphatic rings. The van der Waals surface area contributed by atoms with Crippen LogP contribution in [0.1, 0.15) is 18.5 Å². The van der Waals surface area contributed by atoms with E-state index in [1.807, 2.05) is 37.3 Å². The van der Waals surface area contributed by atoms with Gasteiger partial charge in [0, 0.05) is 12.6 Å². The van der Waals surface area contributed by atoms with Crippen molar-refractivity contribution in [3.63, 3.8) is 0 Å². The lowest BCUT2D eigenvalue weighted by Crippen LogP contribution is -2.38. The van der Waals surface area contributed by atoms with Crippen LogP contribution in [0.15, 0.2) is 36.5 Å². The van der Waals surface area contributed by atoms with Gasteiger partial charge in [-0.25, -0.2) is 4.68 Å². The molecule has 0 bridgehead atoms. The van der Waals surface area contributed by atoms with E-state index >= 15 is 0 Å². The predicted octanol–water partition coefficient (Wildman–Crippen LogP) is 1.09. The molecule has 1 aromatic carbocycles. The zero-order valence-corrected chi connectivity index (χ0v) is 22.7. The molecule has 14 nitrogen and oxygen atoms in total. The summed E-state index contributed by atoms with van der Waals surface area (Å²) in [6.45, 7) is 1.84. The van der Waals surface area contributed by atoms with Crippen molar-refractivity contribution >= 4 is 43.4 Å². The molecule has 3 heterocycles. The lowest BCUT2D eigenvalue weighted by Gasteiger charge is -2.18. The van der Waals surface area contributed by atoms with Crippen molar-refractivity contribution in [2.45, 2.75) is 43.9 Å². The van der Waals surface area contributed by atoms with Gasteiger partial charge in [0.25, 0.3) is 0 Å². The number of benzene rings is 1. The molecule has 0 spiro atoms.